The van der Waals surface area contributed by atoms with Crippen molar-refractivity contribution >= 4 is 11.8 Å². The van der Waals surface area contributed by atoms with Gasteiger partial charge in [-0.05, 0) is 17.5 Å². The average Bonchev–Trinajstić information content (AvgIpc) is 2.56. The Balaban J connectivity index is 1.96. The van der Waals surface area contributed by atoms with Gasteiger partial charge in [0.15, 0.2) is 0 Å². The van der Waals surface area contributed by atoms with Crippen LogP contribution in [0.2, 0.25) is 0 Å². The Morgan fingerprint density at radius 3 is 1.83 bits per heavy atom. The van der Waals surface area contributed by atoms with Gasteiger partial charge in [-0.3, -0.25) is 9.59 Å². The second kappa shape index (κ2) is 8.10. The SMILES string of the molecule is NC(=O)[C@@H](Cc1ccccc1)NC(=O)[C@@H](N)Cc1ccccc1. The van der Waals surface area contributed by atoms with E-state index in [0.29, 0.717) is 12.8 Å². The van der Waals surface area contributed by atoms with Gasteiger partial charge in [0.05, 0.1) is 6.04 Å². The molecule has 0 saturated carbocycles. The molecule has 0 aliphatic rings. The molecule has 0 radical (unpaired) electrons. The first kappa shape index (κ1) is 16.7. The number of primary amides is 1. The van der Waals surface area contributed by atoms with Crippen LogP contribution < -0.4 is 16.8 Å². The van der Waals surface area contributed by atoms with Gasteiger partial charge in [-0.1, -0.05) is 60.7 Å². The minimum absolute atomic E-state index is 0.347. The molecule has 5 nitrogen and oxygen atoms in total. The fourth-order valence-electron chi connectivity index (χ4n) is 2.31. The summed E-state index contributed by atoms with van der Waals surface area (Å²) in [5, 5.41) is 2.65. The van der Waals surface area contributed by atoms with E-state index >= 15 is 0 Å². The van der Waals surface area contributed by atoms with E-state index in [-0.39, 0.29) is 5.91 Å². The van der Waals surface area contributed by atoms with Gasteiger partial charge >= 0.3 is 0 Å². The van der Waals surface area contributed by atoms with E-state index in [2.05, 4.69) is 5.32 Å². The van der Waals surface area contributed by atoms with Crippen LogP contribution in [0.4, 0.5) is 0 Å². The Kier molecular flexibility index (Phi) is 5.88. The molecular formula is C18H21N3O2. The fourth-order valence-corrected chi connectivity index (χ4v) is 2.31. The molecule has 0 aliphatic heterocycles. The maximum atomic E-state index is 12.2. The zero-order valence-electron chi connectivity index (χ0n) is 12.8. The van der Waals surface area contributed by atoms with Crippen LogP contribution >= 0.6 is 0 Å². The molecule has 120 valence electrons. The lowest BCUT2D eigenvalue weighted by Crippen LogP contribution is -2.51. The van der Waals surface area contributed by atoms with Crippen molar-refractivity contribution < 1.29 is 9.59 Å². The van der Waals surface area contributed by atoms with E-state index in [4.69, 9.17) is 11.5 Å². The number of hydrogen-bond acceptors (Lipinski definition) is 3. The summed E-state index contributed by atoms with van der Waals surface area (Å²) in [7, 11) is 0. The van der Waals surface area contributed by atoms with E-state index in [0.717, 1.165) is 11.1 Å². The molecule has 2 rings (SSSR count). The zero-order chi connectivity index (χ0) is 16.7. The summed E-state index contributed by atoms with van der Waals surface area (Å²) >= 11 is 0. The summed E-state index contributed by atoms with van der Waals surface area (Å²) < 4.78 is 0. The molecule has 2 amide bonds. The van der Waals surface area contributed by atoms with Gasteiger partial charge in [0.25, 0.3) is 0 Å². The van der Waals surface area contributed by atoms with E-state index in [1.165, 1.54) is 0 Å². The van der Waals surface area contributed by atoms with Crippen molar-refractivity contribution in [3.8, 4) is 0 Å². The molecule has 0 unspecified atom stereocenters. The van der Waals surface area contributed by atoms with Crippen LogP contribution in [0.25, 0.3) is 0 Å². The Bertz CT molecular complexity index is 644. The maximum Gasteiger partial charge on any atom is 0.240 e. The molecule has 0 saturated heterocycles. The molecule has 0 heterocycles. The highest BCUT2D eigenvalue weighted by Crippen LogP contribution is 2.05. The topological polar surface area (TPSA) is 98.2 Å². The van der Waals surface area contributed by atoms with Crippen LogP contribution in [-0.2, 0) is 22.4 Å². The summed E-state index contributed by atoms with van der Waals surface area (Å²) in [5.74, 6) is -0.956. The largest absolute Gasteiger partial charge is 0.368 e. The Morgan fingerprint density at radius 1 is 0.870 bits per heavy atom. The maximum absolute atomic E-state index is 12.2. The van der Waals surface area contributed by atoms with E-state index in [9.17, 15) is 9.59 Å². The smallest absolute Gasteiger partial charge is 0.240 e. The minimum atomic E-state index is -0.772. The lowest BCUT2D eigenvalue weighted by molar-refractivity contribution is -0.128. The van der Waals surface area contributed by atoms with Crippen LogP contribution in [0, 0.1) is 0 Å². The summed E-state index contributed by atoms with van der Waals surface area (Å²) in [6.45, 7) is 0. The van der Waals surface area contributed by atoms with E-state index < -0.39 is 18.0 Å². The van der Waals surface area contributed by atoms with Crippen molar-refractivity contribution in [2.45, 2.75) is 24.9 Å². The molecule has 5 heteroatoms. The lowest BCUT2D eigenvalue weighted by Gasteiger charge is -2.18. The third kappa shape index (κ3) is 5.23. The van der Waals surface area contributed by atoms with Crippen LogP contribution in [0.15, 0.2) is 60.7 Å². The lowest BCUT2D eigenvalue weighted by atomic mass is 10.0. The zero-order valence-corrected chi connectivity index (χ0v) is 12.8. The van der Waals surface area contributed by atoms with Crippen molar-refractivity contribution in [1.82, 2.24) is 5.32 Å². The fraction of sp³-hybridized carbons (Fsp3) is 0.222. The number of amides is 2. The van der Waals surface area contributed by atoms with Gasteiger partial charge < -0.3 is 16.8 Å². The summed E-state index contributed by atoms with van der Waals surface area (Å²) in [4.78, 5) is 23.8. The third-order valence-corrected chi connectivity index (χ3v) is 3.58. The number of nitrogens with one attached hydrogen (secondary N) is 1. The minimum Gasteiger partial charge on any atom is -0.368 e. The van der Waals surface area contributed by atoms with Gasteiger partial charge in [0.1, 0.15) is 6.04 Å². The number of hydrogen-bond donors (Lipinski definition) is 3. The third-order valence-electron chi connectivity index (χ3n) is 3.58. The summed E-state index contributed by atoms with van der Waals surface area (Å²) in [5.41, 5.74) is 13.2. The molecule has 5 N–H and O–H groups in total. The van der Waals surface area contributed by atoms with Crippen LogP contribution in [0.1, 0.15) is 11.1 Å². The van der Waals surface area contributed by atoms with Crippen molar-refractivity contribution in [3.05, 3.63) is 71.8 Å². The molecule has 0 aliphatic carbocycles. The van der Waals surface area contributed by atoms with Crippen molar-refractivity contribution in [2.75, 3.05) is 0 Å². The number of rotatable bonds is 7. The van der Waals surface area contributed by atoms with Gasteiger partial charge in [0, 0.05) is 6.42 Å². The summed E-state index contributed by atoms with van der Waals surface area (Å²) in [6.07, 6.45) is 0.753. The van der Waals surface area contributed by atoms with Gasteiger partial charge in [-0.15, -0.1) is 0 Å². The van der Waals surface area contributed by atoms with E-state index in [1.54, 1.807) is 0 Å². The normalized spacial score (nSPS) is 13.1. The van der Waals surface area contributed by atoms with Crippen LogP contribution in [-0.4, -0.2) is 23.9 Å². The molecule has 2 aromatic carbocycles. The highest BCUT2D eigenvalue weighted by Gasteiger charge is 2.22. The van der Waals surface area contributed by atoms with Crippen molar-refractivity contribution in [1.29, 1.82) is 0 Å². The first-order chi connectivity index (χ1) is 11.1. The Labute approximate surface area is 135 Å². The second-order valence-electron chi connectivity index (χ2n) is 5.45. The molecule has 0 fully saturated rings. The number of benzene rings is 2. The average molecular weight is 311 g/mol. The predicted molar refractivity (Wildman–Crippen MR) is 89.4 cm³/mol. The first-order valence-corrected chi connectivity index (χ1v) is 7.49. The first-order valence-electron chi connectivity index (χ1n) is 7.49. The van der Waals surface area contributed by atoms with Gasteiger partial charge in [-0.2, -0.15) is 0 Å². The Hall–Kier alpha value is -2.66. The van der Waals surface area contributed by atoms with Crippen LogP contribution in [0.5, 0.6) is 0 Å². The molecule has 2 atom stereocenters. The monoisotopic (exact) mass is 311 g/mol. The predicted octanol–water partition coefficient (Wildman–Crippen LogP) is 0.769. The standard InChI is InChI=1S/C18H21N3O2/c19-15(11-13-7-3-1-4-8-13)18(23)21-16(17(20)22)12-14-9-5-2-6-10-14/h1-10,15-16H,11-12,19H2,(H2,20,22)(H,21,23)/t15-,16+/m0/s1. The van der Waals surface area contributed by atoms with Crippen molar-refractivity contribution in [2.24, 2.45) is 11.5 Å². The number of nitrogens with two attached hydrogens (primary N) is 2. The van der Waals surface area contributed by atoms with Crippen LogP contribution in [0.3, 0.4) is 0 Å². The highest BCUT2D eigenvalue weighted by atomic mass is 16.2. The quantitative estimate of drug-likeness (QED) is 0.704. The van der Waals surface area contributed by atoms with Crippen molar-refractivity contribution in [3.63, 3.8) is 0 Å². The number of carbonyl (C=O) groups excluding carboxylic acids is 2. The Morgan fingerprint density at radius 2 is 1.35 bits per heavy atom. The van der Waals surface area contributed by atoms with E-state index in [1.807, 2.05) is 60.7 Å². The second-order valence-corrected chi connectivity index (χ2v) is 5.45. The molecule has 23 heavy (non-hydrogen) atoms. The highest BCUT2D eigenvalue weighted by molar-refractivity contribution is 5.89. The molecule has 0 bridgehead atoms. The molecule has 0 aromatic heterocycles. The van der Waals surface area contributed by atoms with Gasteiger partial charge in [0.2, 0.25) is 11.8 Å². The molecule has 2 aromatic rings. The number of carbonyl (C=O) groups is 2. The van der Waals surface area contributed by atoms with Gasteiger partial charge in [-0.25, -0.2) is 0 Å². The molecule has 0 spiro atoms. The molecular weight excluding hydrogens is 290 g/mol. The summed E-state index contributed by atoms with van der Waals surface area (Å²) in [6, 6.07) is 17.4.